The zero-order chi connectivity index (χ0) is 24.8. The molecule has 0 aromatic heterocycles. The first-order chi connectivity index (χ1) is 16.8. The molecule has 3 fully saturated rings. The van der Waals surface area contributed by atoms with Crippen LogP contribution >= 0.6 is 0 Å². The summed E-state index contributed by atoms with van der Waals surface area (Å²) in [6.45, 7) is 10.4. The molecule has 3 saturated heterocycles. The highest BCUT2D eigenvalue weighted by Crippen LogP contribution is 2.27. The van der Waals surface area contributed by atoms with Crippen molar-refractivity contribution in [3.05, 3.63) is 35.9 Å². The molecule has 3 aliphatic rings. The number of nitrogens with one attached hydrogen (secondary N) is 2. The molecule has 3 N–H and O–H groups in total. The van der Waals surface area contributed by atoms with E-state index in [1.54, 1.807) is 4.90 Å². The largest absolute Gasteiger partial charge is 0.388 e. The predicted molar refractivity (Wildman–Crippen MR) is 137 cm³/mol. The fraction of sp³-hybridized carbons (Fsp3) is 0.704. The number of likely N-dealkylation sites (tertiary alicyclic amines) is 2. The lowest BCUT2D eigenvalue weighted by Crippen LogP contribution is -2.61. The van der Waals surface area contributed by atoms with E-state index in [1.807, 2.05) is 23.1 Å². The Morgan fingerprint density at radius 1 is 1.23 bits per heavy atom. The number of nitrogens with zero attached hydrogens (tertiary/aromatic N) is 3. The molecule has 1 aromatic carbocycles. The minimum absolute atomic E-state index is 0.0144. The maximum atomic E-state index is 12.8. The van der Waals surface area contributed by atoms with Crippen LogP contribution in [0.1, 0.15) is 57.4 Å². The van der Waals surface area contributed by atoms with Crippen molar-refractivity contribution in [3.8, 4) is 0 Å². The average molecular weight is 486 g/mol. The third-order valence-electron chi connectivity index (χ3n) is 7.97. The van der Waals surface area contributed by atoms with Crippen LogP contribution in [-0.4, -0.2) is 95.9 Å². The quantitative estimate of drug-likeness (QED) is 0.492. The van der Waals surface area contributed by atoms with Gasteiger partial charge in [-0.3, -0.25) is 14.9 Å². The minimum atomic E-state index is -0.939. The van der Waals surface area contributed by atoms with E-state index in [0.717, 1.165) is 19.0 Å². The van der Waals surface area contributed by atoms with Crippen LogP contribution in [0.3, 0.4) is 0 Å². The normalized spacial score (nSPS) is 26.2. The van der Waals surface area contributed by atoms with Crippen LogP contribution in [0.15, 0.2) is 30.3 Å². The van der Waals surface area contributed by atoms with Crippen LogP contribution in [0.2, 0.25) is 0 Å². The second-order valence-electron chi connectivity index (χ2n) is 11.0. The molecular weight excluding hydrogens is 442 g/mol. The van der Waals surface area contributed by atoms with Gasteiger partial charge in [0.15, 0.2) is 0 Å². The number of piperidine rings is 1. The van der Waals surface area contributed by atoms with Crippen molar-refractivity contribution < 1.29 is 14.7 Å². The van der Waals surface area contributed by atoms with Gasteiger partial charge in [-0.1, -0.05) is 44.2 Å². The van der Waals surface area contributed by atoms with Crippen molar-refractivity contribution in [2.45, 2.75) is 63.6 Å². The van der Waals surface area contributed by atoms with Gasteiger partial charge in [0.1, 0.15) is 0 Å². The highest BCUT2D eigenvalue weighted by molar-refractivity contribution is 5.78. The SMILES string of the molecule is C[C@H]1CCN(CCNC2CC(=O)N(CC3(O)CCN(C(=O)C[C@@H](C)c4ccccc4)CC3)CN2)C1. The summed E-state index contributed by atoms with van der Waals surface area (Å²) in [6.07, 6.45) is 3.13. The Morgan fingerprint density at radius 2 is 1.97 bits per heavy atom. The molecule has 0 bridgehead atoms. The van der Waals surface area contributed by atoms with Gasteiger partial charge < -0.3 is 25.1 Å². The van der Waals surface area contributed by atoms with Crippen LogP contribution in [0, 0.1) is 5.92 Å². The summed E-state index contributed by atoms with van der Waals surface area (Å²) in [5, 5.41) is 18.0. The number of hydrogen-bond acceptors (Lipinski definition) is 6. The van der Waals surface area contributed by atoms with E-state index in [4.69, 9.17) is 0 Å². The van der Waals surface area contributed by atoms with Crippen molar-refractivity contribution in [2.24, 2.45) is 5.92 Å². The van der Waals surface area contributed by atoms with Crippen molar-refractivity contribution in [3.63, 3.8) is 0 Å². The molecule has 1 aromatic rings. The van der Waals surface area contributed by atoms with Crippen LogP contribution in [0.5, 0.6) is 0 Å². The van der Waals surface area contributed by atoms with E-state index in [2.05, 4.69) is 41.5 Å². The van der Waals surface area contributed by atoms with E-state index >= 15 is 0 Å². The highest BCUT2D eigenvalue weighted by Gasteiger charge is 2.38. The molecule has 4 rings (SSSR count). The van der Waals surface area contributed by atoms with E-state index in [-0.39, 0.29) is 23.9 Å². The maximum Gasteiger partial charge on any atom is 0.226 e. The van der Waals surface area contributed by atoms with E-state index < -0.39 is 5.60 Å². The van der Waals surface area contributed by atoms with E-state index in [0.29, 0.717) is 52.0 Å². The van der Waals surface area contributed by atoms with Gasteiger partial charge in [-0.25, -0.2) is 0 Å². The second kappa shape index (κ2) is 11.8. The Bertz CT molecular complexity index is 842. The highest BCUT2D eigenvalue weighted by atomic mass is 16.3. The lowest BCUT2D eigenvalue weighted by atomic mass is 9.89. The van der Waals surface area contributed by atoms with Gasteiger partial charge in [-0.05, 0) is 43.2 Å². The number of carbonyl (C=O) groups excluding carboxylic acids is 2. The van der Waals surface area contributed by atoms with E-state index in [9.17, 15) is 14.7 Å². The summed E-state index contributed by atoms with van der Waals surface area (Å²) in [7, 11) is 0. The lowest BCUT2D eigenvalue weighted by molar-refractivity contribution is -0.144. The Hall–Kier alpha value is -2.00. The molecule has 0 aliphatic carbocycles. The van der Waals surface area contributed by atoms with Gasteiger partial charge in [0.05, 0.1) is 31.4 Å². The van der Waals surface area contributed by atoms with Gasteiger partial charge in [0.2, 0.25) is 11.8 Å². The molecule has 35 heavy (non-hydrogen) atoms. The number of carbonyl (C=O) groups is 2. The summed E-state index contributed by atoms with van der Waals surface area (Å²) in [6, 6.07) is 10.1. The molecule has 3 atom stereocenters. The molecule has 3 heterocycles. The van der Waals surface area contributed by atoms with Crippen LogP contribution in [0.25, 0.3) is 0 Å². The Kier molecular flexibility index (Phi) is 8.81. The minimum Gasteiger partial charge on any atom is -0.388 e. The first-order valence-electron chi connectivity index (χ1n) is 13.3. The zero-order valence-electron chi connectivity index (χ0n) is 21.4. The molecular formula is C27H43N5O3. The van der Waals surface area contributed by atoms with Gasteiger partial charge in [0.25, 0.3) is 0 Å². The molecule has 0 radical (unpaired) electrons. The monoisotopic (exact) mass is 485 g/mol. The molecule has 8 heteroatoms. The fourth-order valence-corrected chi connectivity index (χ4v) is 5.58. The van der Waals surface area contributed by atoms with Crippen molar-refractivity contribution in [2.75, 3.05) is 52.5 Å². The average Bonchev–Trinajstić information content (AvgIpc) is 3.26. The fourth-order valence-electron chi connectivity index (χ4n) is 5.58. The third kappa shape index (κ3) is 7.26. The number of rotatable bonds is 9. The molecule has 0 saturated carbocycles. The van der Waals surface area contributed by atoms with Gasteiger partial charge >= 0.3 is 0 Å². The number of aliphatic hydroxyl groups is 1. The van der Waals surface area contributed by atoms with Gasteiger partial charge in [-0.2, -0.15) is 0 Å². The van der Waals surface area contributed by atoms with Crippen molar-refractivity contribution >= 4 is 11.8 Å². The van der Waals surface area contributed by atoms with Gasteiger partial charge in [-0.15, -0.1) is 0 Å². The number of β-amino-alcohol motifs (C(OH)–C–C–N with tert-alkyl or cyclic N) is 1. The first-order valence-corrected chi connectivity index (χ1v) is 13.3. The number of benzene rings is 1. The van der Waals surface area contributed by atoms with Crippen molar-refractivity contribution in [1.82, 2.24) is 25.3 Å². The van der Waals surface area contributed by atoms with Crippen LogP contribution in [-0.2, 0) is 9.59 Å². The Labute approximate surface area is 210 Å². The summed E-state index contributed by atoms with van der Waals surface area (Å²) in [4.78, 5) is 31.7. The van der Waals surface area contributed by atoms with Crippen LogP contribution in [0.4, 0.5) is 0 Å². The molecule has 3 aliphatic heterocycles. The van der Waals surface area contributed by atoms with E-state index in [1.165, 1.54) is 25.1 Å². The summed E-state index contributed by atoms with van der Waals surface area (Å²) >= 11 is 0. The topological polar surface area (TPSA) is 88.2 Å². The maximum absolute atomic E-state index is 12.8. The first kappa shape index (κ1) is 26.1. The van der Waals surface area contributed by atoms with Crippen LogP contribution < -0.4 is 10.6 Å². The predicted octanol–water partition coefficient (Wildman–Crippen LogP) is 1.57. The standard InChI is InChI=1S/C27H43N5O3/c1-21-8-12-30(18-21)15-11-28-24-17-26(34)32(20-29-24)19-27(35)9-13-31(14-10-27)25(33)16-22(2)23-6-4-3-5-7-23/h3-7,21-22,24,28-29,35H,8-20H2,1-2H3/t21-,22+,24?/m0/s1. The molecule has 2 amide bonds. The summed E-state index contributed by atoms with van der Waals surface area (Å²) in [5.74, 6) is 1.16. The number of hydrogen-bond donors (Lipinski definition) is 3. The Morgan fingerprint density at radius 3 is 2.63 bits per heavy atom. The molecule has 1 unspecified atom stereocenters. The van der Waals surface area contributed by atoms with Gasteiger partial charge in [0, 0.05) is 39.1 Å². The zero-order valence-corrected chi connectivity index (χ0v) is 21.4. The smallest absolute Gasteiger partial charge is 0.226 e. The number of amides is 2. The lowest BCUT2D eigenvalue weighted by Gasteiger charge is -2.43. The van der Waals surface area contributed by atoms with Crippen molar-refractivity contribution in [1.29, 1.82) is 0 Å². The third-order valence-corrected chi connectivity index (χ3v) is 7.97. The summed E-state index contributed by atoms with van der Waals surface area (Å²) in [5.41, 5.74) is 0.232. The molecule has 194 valence electrons. The molecule has 0 spiro atoms. The molecule has 8 nitrogen and oxygen atoms in total. The Balaban J connectivity index is 1.16. The second-order valence-corrected chi connectivity index (χ2v) is 11.0. The summed E-state index contributed by atoms with van der Waals surface area (Å²) < 4.78 is 0.